The zero-order chi connectivity index (χ0) is 19.8. The van der Waals surface area contributed by atoms with Crippen LogP contribution in [-0.4, -0.2) is 25.2 Å². The summed E-state index contributed by atoms with van der Waals surface area (Å²) in [5.74, 6) is 0.887. The van der Waals surface area contributed by atoms with E-state index in [4.69, 9.17) is 4.98 Å². The summed E-state index contributed by atoms with van der Waals surface area (Å²) in [4.78, 5) is 18.9. The van der Waals surface area contributed by atoms with Crippen LogP contribution in [0.4, 0.5) is 0 Å². The van der Waals surface area contributed by atoms with Gasteiger partial charge in [-0.05, 0) is 35.6 Å². The van der Waals surface area contributed by atoms with Crippen LogP contribution in [-0.2, 0) is 14.1 Å². The Balaban J connectivity index is 1.65. The molecule has 6 nitrogen and oxygen atoms in total. The van der Waals surface area contributed by atoms with Gasteiger partial charge in [0, 0.05) is 14.1 Å². The highest BCUT2D eigenvalue weighted by atomic mass is 32.1. The van der Waals surface area contributed by atoms with Crippen molar-refractivity contribution < 1.29 is 4.79 Å². The third-order valence-corrected chi connectivity index (χ3v) is 5.83. The maximum atomic E-state index is 13.1. The summed E-state index contributed by atoms with van der Waals surface area (Å²) >= 11 is 1.61. The second kappa shape index (κ2) is 7.24. The second-order valence-electron chi connectivity index (χ2n) is 7.23. The second-order valence-corrected chi connectivity index (χ2v) is 8.18. The van der Waals surface area contributed by atoms with Crippen molar-refractivity contribution in [3.63, 3.8) is 0 Å². The Morgan fingerprint density at radius 2 is 1.93 bits per heavy atom. The first kappa shape index (κ1) is 18.4. The van der Waals surface area contributed by atoms with Crippen molar-refractivity contribution in [1.29, 1.82) is 0 Å². The van der Waals surface area contributed by atoms with E-state index in [0.717, 1.165) is 27.4 Å². The van der Waals surface area contributed by atoms with Crippen molar-refractivity contribution in [1.82, 2.24) is 24.6 Å². The third kappa shape index (κ3) is 3.22. The summed E-state index contributed by atoms with van der Waals surface area (Å²) in [6.07, 6.45) is 0. The Hall–Kier alpha value is -2.93. The first-order valence-electron chi connectivity index (χ1n) is 9.26. The van der Waals surface area contributed by atoms with Crippen molar-refractivity contribution in [3.8, 4) is 10.6 Å². The van der Waals surface area contributed by atoms with Crippen LogP contribution in [0.5, 0.6) is 0 Å². The van der Waals surface area contributed by atoms with Crippen molar-refractivity contribution in [2.24, 2.45) is 20.0 Å². The van der Waals surface area contributed by atoms with Gasteiger partial charge in [0.1, 0.15) is 17.2 Å². The largest absolute Gasteiger partial charge is 0.340 e. The number of aryl methyl sites for hydroxylation is 2. The Labute approximate surface area is 167 Å². The van der Waals surface area contributed by atoms with E-state index in [9.17, 15) is 4.79 Å². The monoisotopic (exact) mass is 393 g/mol. The van der Waals surface area contributed by atoms with Crippen LogP contribution in [0, 0.1) is 5.92 Å². The number of imidazole rings is 1. The van der Waals surface area contributed by atoms with Gasteiger partial charge in [-0.15, -0.1) is 11.3 Å². The summed E-state index contributed by atoms with van der Waals surface area (Å²) in [5.41, 5.74) is 3.33. The number of carbonyl (C=O) groups is 1. The lowest BCUT2D eigenvalue weighted by molar-refractivity contribution is 0.0913. The molecule has 0 spiro atoms. The van der Waals surface area contributed by atoms with Crippen molar-refractivity contribution >= 4 is 28.3 Å². The van der Waals surface area contributed by atoms with Gasteiger partial charge in [0.05, 0.1) is 22.0 Å². The number of carbonyl (C=O) groups excluding carboxylic acids is 1. The first-order valence-corrected chi connectivity index (χ1v) is 10.1. The van der Waals surface area contributed by atoms with Crippen molar-refractivity contribution in [2.45, 2.75) is 19.9 Å². The number of nitrogens with one attached hydrogen (secondary N) is 1. The summed E-state index contributed by atoms with van der Waals surface area (Å²) in [7, 11) is 3.79. The fourth-order valence-corrected chi connectivity index (χ4v) is 4.09. The highest BCUT2D eigenvalue weighted by Crippen LogP contribution is 2.27. The van der Waals surface area contributed by atoms with Gasteiger partial charge in [-0.25, -0.2) is 4.98 Å². The molecule has 0 aliphatic carbocycles. The molecule has 7 heteroatoms. The summed E-state index contributed by atoms with van der Waals surface area (Å²) in [6, 6.07) is 13.6. The van der Waals surface area contributed by atoms with Crippen LogP contribution >= 0.6 is 11.3 Å². The number of amides is 1. The van der Waals surface area contributed by atoms with Crippen LogP contribution in [0.1, 0.15) is 36.2 Å². The van der Waals surface area contributed by atoms with Gasteiger partial charge in [-0.2, -0.15) is 5.10 Å². The average molecular weight is 394 g/mol. The number of thiophene rings is 1. The number of fused-ring (bicyclic) bond motifs is 1. The molecule has 1 atom stereocenters. The standard InChI is InChI=1S/C21H23N5OS/c1-13(2)19(20-22-14-8-5-6-9-16(14)25(20)3)23-21(27)17-12-15(24-26(17)4)18-10-7-11-28-18/h5-13,19H,1-4H3,(H,23,27). The molecule has 0 bridgehead atoms. The average Bonchev–Trinajstić information content (AvgIpc) is 3.39. The number of rotatable bonds is 5. The Bertz CT molecular complexity index is 1120. The van der Waals surface area contributed by atoms with Crippen molar-refractivity contribution in [2.75, 3.05) is 0 Å². The lowest BCUT2D eigenvalue weighted by Crippen LogP contribution is -2.34. The molecule has 0 saturated heterocycles. The Morgan fingerprint density at radius 1 is 1.14 bits per heavy atom. The Morgan fingerprint density at radius 3 is 2.61 bits per heavy atom. The van der Waals surface area contributed by atoms with E-state index in [1.54, 1.807) is 23.1 Å². The zero-order valence-corrected chi connectivity index (χ0v) is 17.2. The van der Waals surface area contributed by atoms with Crippen LogP contribution < -0.4 is 5.32 Å². The van der Waals surface area contributed by atoms with Crippen LogP contribution in [0.2, 0.25) is 0 Å². The molecule has 0 aliphatic heterocycles. The topological polar surface area (TPSA) is 64.7 Å². The Kier molecular flexibility index (Phi) is 4.77. The zero-order valence-electron chi connectivity index (χ0n) is 16.4. The summed E-state index contributed by atoms with van der Waals surface area (Å²) < 4.78 is 3.69. The highest BCUT2D eigenvalue weighted by molar-refractivity contribution is 7.13. The van der Waals surface area contributed by atoms with E-state index < -0.39 is 0 Å². The predicted octanol–water partition coefficient (Wildman–Crippen LogP) is 4.16. The molecule has 0 radical (unpaired) electrons. The minimum Gasteiger partial charge on any atom is -0.340 e. The molecule has 1 N–H and O–H groups in total. The molecule has 1 amide bonds. The molecule has 0 saturated carbocycles. The molecule has 3 aromatic heterocycles. The predicted molar refractivity (Wildman–Crippen MR) is 112 cm³/mol. The number of hydrogen-bond acceptors (Lipinski definition) is 4. The molecule has 4 rings (SSSR count). The van der Waals surface area contributed by atoms with Gasteiger partial charge in [0.15, 0.2) is 0 Å². The molecule has 144 valence electrons. The number of benzene rings is 1. The fourth-order valence-electron chi connectivity index (χ4n) is 3.41. The number of hydrogen-bond donors (Lipinski definition) is 1. The summed E-state index contributed by atoms with van der Waals surface area (Å²) in [5, 5.41) is 9.67. The normalized spacial score (nSPS) is 12.6. The lowest BCUT2D eigenvalue weighted by atomic mass is 10.0. The van der Waals surface area contributed by atoms with Crippen LogP contribution in [0.3, 0.4) is 0 Å². The van der Waals surface area contributed by atoms with Gasteiger partial charge >= 0.3 is 0 Å². The van der Waals surface area contributed by atoms with E-state index in [1.807, 2.05) is 54.9 Å². The molecular weight excluding hydrogens is 370 g/mol. The van der Waals surface area contributed by atoms with E-state index >= 15 is 0 Å². The number of para-hydroxylation sites is 2. The highest BCUT2D eigenvalue weighted by Gasteiger charge is 2.26. The minimum absolute atomic E-state index is 0.149. The smallest absolute Gasteiger partial charge is 0.270 e. The molecular formula is C21H23N5OS. The number of nitrogens with zero attached hydrogens (tertiary/aromatic N) is 4. The van der Waals surface area contributed by atoms with Gasteiger partial charge < -0.3 is 9.88 Å². The van der Waals surface area contributed by atoms with E-state index in [-0.39, 0.29) is 17.9 Å². The lowest BCUT2D eigenvalue weighted by Gasteiger charge is -2.22. The first-order chi connectivity index (χ1) is 13.5. The van der Waals surface area contributed by atoms with E-state index in [1.165, 1.54) is 0 Å². The molecule has 0 aliphatic rings. The van der Waals surface area contributed by atoms with Gasteiger partial charge in [-0.1, -0.05) is 32.0 Å². The van der Waals surface area contributed by atoms with E-state index in [2.05, 4.69) is 28.8 Å². The molecule has 3 heterocycles. The summed E-state index contributed by atoms with van der Waals surface area (Å²) in [6.45, 7) is 4.18. The van der Waals surface area contributed by atoms with Crippen molar-refractivity contribution in [3.05, 3.63) is 59.4 Å². The van der Waals surface area contributed by atoms with Gasteiger partial charge in [-0.3, -0.25) is 9.48 Å². The van der Waals surface area contributed by atoms with Gasteiger partial charge in [0.2, 0.25) is 0 Å². The molecule has 4 aromatic rings. The van der Waals surface area contributed by atoms with Gasteiger partial charge in [0.25, 0.3) is 5.91 Å². The molecule has 1 unspecified atom stereocenters. The number of aromatic nitrogens is 4. The fraction of sp³-hybridized carbons (Fsp3) is 0.286. The third-order valence-electron chi connectivity index (χ3n) is 4.94. The SMILES string of the molecule is CC(C)C(NC(=O)c1cc(-c2cccs2)nn1C)c1nc2ccccc2n1C. The minimum atomic E-state index is -0.204. The van der Waals surface area contributed by atoms with Crippen LogP contribution in [0.25, 0.3) is 21.6 Å². The van der Waals surface area contributed by atoms with Crippen LogP contribution in [0.15, 0.2) is 47.8 Å². The van der Waals surface area contributed by atoms with E-state index in [0.29, 0.717) is 5.69 Å². The maximum absolute atomic E-state index is 13.1. The molecule has 1 aromatic carbocycles. The molecule has 28 heavy (non-hydrogen) atoms. The maximum Gasteiger partial charge on any atom is 0.270 e. The quantitative estimate of drug-likeness (QED) is 0.554. The molecule has 0 fully saturated rings.